The highest BCUT2D eigenvalue weighted by atomic mass is 16.6. The van der Waals surface area contributed by atoms with Gasteiger partial charge in [-0.25, -0.2) is 4.79 Å². The number of hydrogen-bond acceptors (Lipinski definition) is 4. The SMILES string of the molecule is CN(C)/C=C(/C(=O)c1ccc(N(C(=O)OC(C)(C)C)C2CCC2)cc1)c1ccccc1. The summed E-state index contributed by atoms with van der Waals surface area (Å²) in [6.45, 7) is 5.61. The Morgan fingerprint density at radius 3 is 2.03 bits per heavy atom. The van der Waals surface area contributed by atoms with Crippen molar-refractivity contribution in [3.8, 4) is 0 Å². The van der Waals surface area contributed by atoms with Crippen molar-refractivity contribution >= 4 is 23.1 Å². The third kappa shape index (κ3) is 5.75. The number of allylic oxidation sites excluding steroid dienone is 1. The molecular formula is C26H32N2O3. The summed E-state index contributed by atoms with van der Waals surface area (Å²) in [6.07, 6.45) is 4.53. The first-order valence-corrected chi connectivity index (χ1v) is 10.8. The molecule has 0 aliphatic heterocycles. The third-order valence-corrected chi connectivity index (χ3v) is 5.15. The molecule has 1 aliphatic rings. The highest BCUT2D eigenvalue weighted by Gasteiger charge is 2.33. The number of carbonyl (C=O) groups excluding carboxylic acids is 2. The molecule has 0 saturated heterocycles. The Labute approximate surface area is 185 Å². The fourth-order valence-corrected chi connectivity index (χ4v) is 3.49. The van der Waals surface area contributed by atoms with Crippen LogP contribution in [-0.4, -0.2) is 42.5 Å². The highest BCUT2D eigenvalue weighted by molar-refractivity contribution is 6.28. The average Bonchev–Trinajstić information content (AvgIpc) is 2.67. The van der Waals surface area contributed by atoms with Crippen molar-refractivity contribution in [3.63, 3.8) is 0 Å². The summed E-state index contributed by atoms with van der Waals surface area (Å²) in [4.78, 5) is 29.7. The fraction of sp³-hybridized carbons (Fsp3) is 0.385. The number of rotatable bonds is 6. The Kier molecular flexibility index (Phi) is 6.84. The van der Waals surface area contributed by atoms with E-state index >= 15 is 0 Å². The second-order valence-corrected chi connectivity index (χ2v) is 9.18. The molecule has 0 radical (unpaired) electrons. The van der Waals surface area contributed by atoms with E-state index in [9.17, 15) is 9.59 Å². The molecule has 1 fully saturated rings. The maximum atomic E-state index is 13.3. The Morgan fingerprint density at radius 2 is 1.55 bits per heavy atom. The van der Waals surface area contributed by atoms with Crippen LogP contribution < -0.4 is 4.90 Å². The molecule has 0 bridgehead atoms. The fourth-order valence-electron chi connectivity index (χ4n) is 3.49. The molecule has 0 spiro atoms. The van der Waals surface area contributed by atoms with Crippen LogP contribution in [0.3, 0.4) is 0 Å². The number of benzene rings is 2. The normalized spacial score (nSPS) is 14.5. The number of amides is 1. The van der Waals surface area contributed by atoms with Crippen LogP contribution in [0, 0.1) is 0 Å². The Balaban J connectivity index is 1.88. The number of nitrogens with zero attached hydrogens (tertiary/aromatic N) is 2. The van der Waals surface area contributed by atoms with E-state index in [4.69, 9.17) is 4.74 Å². The molecule has 0 unspecified atom stereocenters. The van der Waals surface area contributed by atoms with Gasteiger partial charge in [0.15, 0.2) is 5.78 Å². The van der Waals surface area contributed by atoms with E-state index < -0.39 is 5.60 Å². The van der Waals surface area contributed by atoms with Crippen molar-refractivity contribution in [1.82, 2.24) is 4.90 Å². The van der Waals surface area contributed by atoms with Crippen LogP contribution in [0.5, 0.6) is 0 Å². The quantitative estimate of drug-likeness (QED) is 0.440. The van der Waals surface area contributed by atoms with Crippen LogP contribution in [-0.2, 0) is 4.74 Å². The molecule has 3 rings (SSSR count). The van der Waals surface area contributed by atoms with E-state index in [0.29, 0.717) is 11.1 Å². The molecule has 0 atom stereocenters. The Hall–Kier alpha value is -3.08. The Morgan fingerprint density at radius 1 is 0.935 bits per heavy atom. The van der Waals surface area contributed by atoms with Gasteiger partial charge in [0.05, 0.1) is 0 Å². The van der Waals surface area contributed by atoms with Gasteiger partial charge in [-0.05, 0) is 69.9 Å². The molecular weight excluding hydrogens is 388 g/mol. The summed E-state index contributed by atoms with van der Waals surface area (Å²) in [5, 5.41) is 0. The van der Waals surface area contributed by atoms with Crippen LogP contribution >= 0.6 is 0 Å². The molecule has 1 amide bonds. The summed E-state index contributed by atoms with van der Waals surface area (Å²) in [7, 11) is 3.80. The van der Waals surface area contributed by atoms with Crippen molar-refractivity contribution in [2.45, 2.75) is 51.7 Å². The monoisotopic (exact) mass is 420 g/mol. The summed E-state index contributed by atoms with van der Waals surface area (Å²) in [6, 6.07) is 17.1. The van der Waals surface area contributed by atoms with Crippen molar-refractivity contribution in [2.75, 3.05) is 19.0 Å². The van der Waals surface area contributed by atoms with Crippen LogP contribution in [0.1, 0.15) is 56.0 Å². The molecule has 1 saturated carbocycles. The summed E-state index contributed by atoms with van der Waals surface area (Å²) in [5.41, 5.74) is 2.28. The maximum Gasteiger partial charge on any atom is 0.415 e. The molecule has 2 aromatic rings. The van der Waals surface area contributed by atoms with E-state index in [-0.39, 0.29) is 17.9 Å². The van der Waals surface area contributed by atoms with E-state index in [1.807, 2.05) is 88.4 Å². The predicted octanol–water partition coefficient (Wildman–Crippen LogP) is 5.77. The average molecular weight is 421 g/mol. The number of hydrogen-bond donors (Lipinski definition) is 0. The lowest BCUT2D eigenvalue weighted by Gasteiger charge is -2.38. The van der Waals surface area contributed by atoms with Gasteiger partial charge in [-0.15, -0.1) is 0 Å². The number of ketones is 1. The molecule has 5 nitrogen and oxygen atoms in total. The first-order valence-electron chi connectivity index (χ1n) is 10.8. The lowest BCUT2D eigenvalue weighted by molar-refractivity contribution is 0.0549. The molecule has 31 heavy (non-hydrogen) atoms. The smallest absolute Gasteiger partial charge is 0.415 e. The van der Waals surface area contributed by atoms with Crippen LogP contribution in [0.25, 0.3) is 5.57 Å². The molecule has 0 heterocycles. The minimum Gasteiger partial charge on any atom is -0.443 e. The second-order valence-electron chi connectivity index (χ2n) is 9.18. The summed E-state index contributed by atoms with van der Waals surface area (Å²) >= 11 is 0. The van der Waals surface area contributed by atoms with Gasteiger partial charge in [0.1, 0.15) is 5.60 Å². The van der Waals surface area contributed by atoms with E-state index in [1.165, 1.54) is 0 Å². The van der Waals surface area contributed by atoms with Gasteiger partial charge < -0.3 is 9.64 Å². The number of Topliss-reactive ketones (excluding diaryl/α,β-unsaturated/α-hetero) is 1. The Bertz CT molecular complexity index is 937. The zero-order chi connectivity index (χ0) is 22.6. The minimum absolute atomic E-state index is 0.0566. The minimum atomic E-state index is -0.559. The van der Waals surface area contributed by atoms with Crippen molar-refractivity contribution < 1.29 is 14.3 Å². The lowest BCUT2D eigenvalue weighted by atomic mass is 9.91. The molecule has 2 aromatic carbocycles. The lowest BCUT2D eigenvalue weighted by Crippen LogP contribution is -2.46. The van der Waals surface area contributed by atoms with E-state index in [0.717, 1.165) is 30.5 Å². The van der Waals surface area contributed by atoms with Crippen molar-refractivity contribution in [1.29, 1.82) is 0 Å². The van der Waals surface area contributed by atoms with Crippen LogP contribution in [0.2, 0.25) is 0 Å². The topological polar surface area (TPSA) is 49.9 Å². The molecule has 0 N–H and O–H groups in total. The number of anilines is 1. The van der Waals surface area contributed by atoms with Crippen molar-refractivity contribution in [3.05, 3.63) is 71.9 Å². The molecule has 1 aliphatic carbocycles. The highest BCUT2D eigenvalue weighted by Crippen LogP contribution is 2.32. The predicted molar refractivity (Wildman–Crippen MR) is 125 cm³/mol. The summed E-state index contributed by atoms with van der Waals surface area (Å²) < 4.78 is 5.63. The van der Waals surface area contributed by atoms with Gasteiger partial charge in [0.25, 0.3) is 0 Å². The van der Waals surface area contributed by atoms with E-state index in [1.54, 1.807) is 17.0 Å². The zero-order valence-electron chi connectivity index (χ0n) is 19.1. The van der Waals surface area contributed by atoms with Crippen LogP contribution in [0.15, 0.2) is 60.8 Å². The van der Waals surface area contributed by atoms with Gasteiger partial charge in [0.2, 0.25) is 0 Å². The third-order valence-electron chi connectivity index (χ3n) is 5.15. The van der Waals surface area contributed by atoms with Gasteiger partial charge in [-0.1, -0.05) is 30.3 Å². The van der Waals surface area contributed by atoms with Gasteiger partial charge in [-0.2, -0.15) is 0 Å². The first-order chi connectivity index (χ1) is 14.7. The van der Waals surface area contributed by atoms with Gasteiger partial charge in [0, 0.05) is 43.2 Å². The van der Waals surface area contributed by atoms with Gasteiger partial charge >= 0.3 is 6.09 Å². The largest absolute Gasteiger partial charge is 0.443 e. The van der Waals surface area contributed by atoms with E-state index in [2.05, 4.69) is 0 Å². The number of carbonyl (C=O) groups is 2. The standard InChI is InChI=1S/C26H32N2O3/c1-26(2,3)31-25(30)28(21-12-9-13-21)22-16-14-20(15-17-22)24(29)23(18-27(4)5)19-10-7-6-8-11-19/h6-8,10-11,14-18,21H,9,12-13H2,1-5H3/b23-18+. The van der Waals surface area contributed by atoms with Crippen LogP contribution in [0.4, 0.5) is 10.5 Å². The first kappa shape index (κ1) is 22.6. The van der Waals surface area contributed by atoms with Crippen molar-refractivity contribution in [2.24, 2.45) is 0 Å². The maximum absolute atomic E-state index is 13.3. The number of ether oxygens (including phenoxy) is 1. The molecule has 164 valence electrons. The molecule has 5 heteroatoms. The molecule has 0 aromatic heterocycles. The summed E-state index contributed by atoms with van der Waals surface area (Å²) in [5.74, 6) is -0.0566. The second kappa shape index (κ2) is 9.38. The zero-order valence-corrected chi connectivity index (χ0v) is 19.1. The van der Waals surface area contributed by atoms with Gasteiger partial charge in [-0.3, -0.25) is 9.69 Å².